The molecule has 82 valence electrons. The fourth-order valence-corrected chi connectivity index (χ4v) is 2.51. The highest BCUT2D eigenvalue weighted by Gasteiger charge is 2.20. The molecule has 3 N–H and O–H groups in total. The van der Waals surface area contributed by atoms with E-state index in [1.54, 1.807) is 0 Å². The number of aliphatic hydroxyl groups excluding tert-OH is 1. The molecular formula is C12H17NOS. The van der Waals surface area contributed by atoms with Crippen LogP contribution in [0.2, 0.25) is 0 Å². The summed E-state index contributed by atoms with van der Waals surface area (Å²) >= 11 is 1.92. The second-order valence-electron chi connectivity index (χ2n) is 4.11. The van der Waals surface area contributed by atoms with Crippen molar-refractivity contribution < 1.29 is 5.11 Å². The lowest BCUT2D eigenvalue weighted by Crippen LogP contribution is -2.14. The lowest BCUT2D eigenvalue weighted by molar-refractivity contribution is 0.268. The van der Waals surface area contributed by atoms with E-state index in [0.29, 0.717) is 0 Å². The van der Waals surface area contributed by atoms with Gasteiger partial charge in [0, 0.05) is 10.6 Å². The standard InChI is InChI=1S/C12H17NOS/c13-12(7-14)10-3-5-11(6-4-10)15-8-9-1-2-9/h3-6,9,12,14H,1-2,7-8,13H2. The van der Waals surface area contributed by atoms with Gasteiger partial charge in [-0.2, -0.15) is 0 Å². The Labute approximate surface area is 94.9 Å². The number of benzene rings is 1. The van der Waals surface area contributed by atoms with Gasteiger partial charge in [-0.05, 0) is 36.5 Å². The summed E-state index contributed by atoms with van der Waals surface area (Å²) in [5.74, 6) is 2.19. The number of rotatable bonds is 5. The van der Waals surface area contributed by atoms with Crippen LogP contribution in [0.4, 0.5) is 0 Å². The maximum absolute atomic E-state index is 8.91. The Balaban J connectivity index is 1.90. The van der Waals surface area contributed by atoms with E-state index in [1.165, 1.54) is 23.5 Å². The molecule has 0 aromatic heterocycles. The summed E-state index contributed by atoms with van der Waals surface area (Å²) in [5, 5.41) is 8.91. The van der Waals surface area contributed by atoms with Crippen molar-refractivity contribution in [1.29, 1.82) is 0 Å². The molecule has 1 saturated carbocycles. The summed E-state index contributed by atoms with van der Waals surface area (Å²) in [7, 11) is 0. The monoisotopic (exact) mass is 223 g/mol. The van der Waals surface area contributed by atoms with Gasteiger partial charge in [0.15, 0.2) is 0 Å². The predicted octanol–water partition coefficient (Wildman–Crippen LogP) is 2.18. The number of aliphatic hydroxyl groups is 1. The summed E-state index contributed by atoms with van der Waals surface area (Å²) < 4.78 is 0. The van der Waals surface area contributed by atoms with Gasteiger partial charge in [0.2, 0.25) is 0 Å². The van der Waals surface area contributed by atoms with Crippen LogP contribution in [-0.4, -0.2) is 17.5 Å². The lowest BCUT2D eigenvalue weighted by Gasteiger charge is -2.08. The first-order valence-electron chi connectivity index (χ1n) is 5.39. The van der Waals surface area contributed by atoms with E-state index >= 15 is 0 Å². The number of hydrogen-bond acceptors (Lipinski definition) is 3. The van der Waals surface area contributed by atoms with Crippen molar-refractivity contribution in [1.82, 2.24) is 0 Å². The van der Waals surface area contributed by atoms with Gasteiger partial charge in [0.05, 0.1) is 12.6 Å². The van der Waals surface area contributed by atoms with Crippen LogP contribution in [0.15, 0.2) is 29.2 Å². The fraction of sp³-hybridized carbons (Fsp3) is 0.500. The van der Waals surface area contributed by atoms with E-state index < -0.39 is 0 Å². The quantitative estimate of drug-likeness (QED) is 0.752. The van der Waals surface area contributed by atoms with E-state index in [0.717, 1.165) is 11.5 Å². The minimum Gasteiger partial charge on any atom is -0.394 e. The Morgan fingerprint density at radius 1 is 1.33 bits per heavy atom. The van der Waals surface area contributed by atoms with Crippen molar-refractivity contribution in [2.75, 3.05) is 12.4 Å². The molecule has 1 aliphatic rings. The molecule has 0 bridgehead atoms. The van der Waals surface area contributed by atoms with Gasteiger partial charge in [-0.15, -0.1) is 11.8 Å². The van der Waals surface area contributed by atoms with Crippen LogP contribution < -0.4 is 5.73 Å². The summed E-state index contributed by atoms with van der Waals surface area (Å²) in [6.07, 6.45) is 2.81. The van der Waals surface area contributed by atoms with Crippen LogP contribution in [0.25, 0.3) is 0 Å². The molecule has 0 amide bonds. The summed E-state index contributed by atoms with van der Waals surface area (Å²) in [6, 6.07) is 7.97. The molecule has 3 heteroatoms. The molecular weight excluding hydrogens is 206 g/mol. The summed E-state index contributed by atoms with van der Waals surface area (Å²) in [4.78, 5) is 1.30. The highest BCUT2D eigenvalue weighted by molar-refractivity contribution is 7.99. The predicted molar refractivity (Wildman–Crippen MR) is 63.9 cm³/mol. The van der Waals surface area contributed by atoms with Crippen molar-refractivity contribution in [2.24, 2.45) is 11.7 Å². The average Bonchev–Trinajstić information content (AvgIpc) is 3.10. The molecule has 1 aromatic rings. The minimum absolute atomic E-state index is 0.00850. The van der Waals surface area contributed by atoms with Crippen molar-refractivity contribution in [3.63, 3.8) is 0 Å². The molecule has 0 saturated heterocycles. The first-order chi connectivity index (χ1) is 7.29. The number of hydrogen-bond donors (Lipinski definition) is 2. The second-order valence-corrected chi connectivity index (χ2v) is 5.21. The number of nitrogens with two attached hydrogens (primary N) is 1. The smallest absolute Gasteiger partial charge is 0.0624 e. The van der Waals surface area contributed by atoms with E-state index in [1.807, 2.05) is 23.9 Å². The summed E-state index contributed by atoms with van der Waals surface area (Å²) in [6.45, 7) is 0.00850. The maximum Gasteiger partial charge on any atom is 0.0624 e. The Hall–Kier alpha value is -0.510. The molecule has 1 fully saturated rings. The van der Waals surface area contributed by atoms with Crippen molar-refractivity contribution >= 4 is 11.8 Å². The van der Waals surface area contributed by atoms with Gasteiger partial charge in [0.1, 0.15) is 0 Å². The van der Waals surface area contributed by atoms with Crippen LogP contribution >= 0.6 is 11.8 Å². The zero-order valence-corrected chi connectivity index (χ0v) is 9.54. The molecule has 2 rings (SSSR count). The van der Waals surface area contributed by atoms with Gasteiger partial charge in [-0.25, -0.2) is 0 Å². The Morgan fingerprint density at radius 2 is 2.00 bits per heavy atom. The third-order valence-electron chi connectivity index (χ3n) is 2.69. The van der Waals surface area contributed by atoms with E-state index in [4.69, 9.17) is 10.8 Å². The third kappa shape index (κ3) is 3.23. The van der Waals surface area contributed by atoms with Crippen molar-refractivity contribution in [3.05, 3.63) is 29.8 Å². The molecule has 0 spiro atoms. The van der Waals surface area contributed by atoms with Gasteiger partial charge >= 0.3 is 0 Å². The van der Waals surface area contributed by atoms with Crippen LogP contribution in [0, 0.1) is 5.92 Å². The first kappa shape index (κ1) is 11.0. The van der Waals surface area contributed by atoms with Crippen molar-refractivity contribution in [3.8, 4) is 0 Å². The normalized spacial score (nSPS) is 17.7. The Bertz CT molecular complexity index is 308. The zero-order chi connectivity index (χ0) is 10.7. The minimum atomic E-state index is -0.243. The van der Waals surface area contributed by atoms with Gasteiger partial charge < -0.3 is 10.8 Å². The van der Waals surface area contributed by atoms with Gasteiger partial charge in [-0.3, -0.25) is 0 Å². The van der Waals surface area contributed by atoms with Crippen LogP contribution in [0.1, 0.15) is 24.4 Å². The molecule has 1 unspecified atom stereocenters. The van der Waals surface area contributed by atoms with Crippen LogP contribution in [-0.2, 0) is 0 Å². The molecule has 15 heavy (non-hydrogen) atoms. The van der Waals surface area contributed by atoms with Crippen LogP contribution in [0.3, 0.4) is 0 Å². The Morgan fingerprint density at radius 3 is 2.53 bits per heavy atom. The molecule has 1 aromatic carbocycles. The Kier molecular flexibility index (Phi) is 3.67. The molecule has 0 aliphatic heterocycles. The molecule has 1 atom stereocenters. The third-order valence-corrected chi connectivity index (χ3v) is 3.93. The largest absolute Gasteiger partial charge is 0.394 e. The average molecular weight is 223 g/mol. The second kappa shape index (κ2) is 5.01. The van der Waals surface area contributed by atoms with Gasteiger partial charge in [0.25, 0.3) is 0 Å². The van der Waals surface area contributed by atoms with E-state index in [2.05, 4.69) is 12.1 Å². The molecule has 2 nitrogen and oxygen atoms in total. The highest BCUT2D eigenvalue weighted by Crippen LogP contribution is 2.35. The molecule has 0 radical (unpaired) electrons. The fourth-order valence-electron chi connectivity index (χ4n) is 1.42. The van der Waals surface area contributed by atoms with Crippen LogP contribution in [0.5, 0.6) is 0 Å². The van der Waals surface area contributed by atoms with E-state index in [-0.39, 0.29) is 12.6 Å². The molecule has 0 heterocycles. The number of thioether (sulfide) groups is 1. The lowest BCUT2D eigenvalue weighted by atomic mass is 10.1. The SMILES string of the molecule is NC(CO)c1ccc(SCC2CC2)cc1. The summed E-state index contributed by atoms with van der Waals surface area (Å²) in [5.41, 5.74) is 6.73. The molecule has 1 aliphatic carbocycles. The highest BCUT2D eigenvalue weighted by atomic mass is 32.2. The maximum atomic E-state index is 8.91. The topological polar surface area (TPSA) is 46.2 Å². The van der Waals surface area contributed by atoms with E-state index in [9.17, 15) is 0 Å². The van der Waals surface area contributed by atoms with Gasteiger partial charge in [-0.1, -0.05) is 12.1 Å². The zero-order valence-electron chi connectivity index (χ0n) is 8.73. The first-order valence-corrected chi connectivity index (χ1v) is 6.37. The van der Waals surface area contributed by atoms with Crippen molar-refractivity contribution in [2.45, 2.75) is 23.8 Å².